The Morgan fingerprint density at radius 1 is 1.50 bits per heavy atom. The van der Waals surface area contributed by atoms with Crippen LogP contribution in [-0.4, -0.2) is 50.2 Å². The summed E-state index contributed by atoms with van der Waals surface area (Å²) in [5, 5.41) is 24.6. The zero-order chi connectivity index (χ0) is 16.5. The number of nitrogens with zero attached hydrogens (tertiary/aromatic N) is 2. The lowest BCUT2D eigenvalue weighted by Crippen LogP contribution is -2.23. The molecule has 22 heavy (non-hydrogen) atoms. The highest BCUT2D eigenvalue weighted by atomic mass is 16.5. The Labute approximate surface area is 128 Å². The summed E-state index contributed by atoms with van der Waals surface area (Å²) in [5.74, 6) is 0.627. The zero-order valence-electron chi connectivity index (χ0n) is 12.4. The van der Waals surface area contributed by atoms with Crippen molar-refractivity contribution >= 4 is 11.9 Å². The molecule has 0 bridgehead atoms. The minimum absolute atomic E-state index is 0.303. The van der Waals surface area contributed by atoms with Gasteiger partial charge in [-0.15, -0.1) is 5.10 Å². The van der Waals surface area contributed by atoms with E-state index in [1.54, 1.807) is 19.9 Å². The number of nitrogen functional groups attached to an aromatic ring is 1. The van der Waals surface area contributed by atoms with Crippen molar-refractivity contribution in [3.05, 3.63) is 41.8 Å². The van der Waals surface area contributed by atoms with Crippen molar-refractivity contribution in [2.75, 3.05) is 12.3 Å². The van der Waals surface area contributed by atoms with Crippen LogP contribution in [0.4, 0.5) is 5.95 Å². The molecule has 2 rings (SSSR count). The summed E-state index contributed by atoms with van der Waals surface area (Å²) in [7, 11) is 0. The summed E-state index contributed by atoms with van der Waals surface area (Å²) in [6, 6.07) is 0. The van der Waals surface area contributed by atoms with E-state index in [0.717, 1.165) is 5.82 Å². The molecule has 0 spiro atoms. The summed E-state index contributed by atoms with van der Waals surface area (Å²) in [6.45, 7) is 3.86. The van der Waals surface area contributed by atoms with Crippen molar-refractivity contribution in [2.45, 2.75) is 26.1 Å². The van der Waals surface area contributed by atoms with Gasteiger partial charge < -0.3 is 20.7 Å². The van der Waals surface area contributed by atoms with Crippen LogP contribution in [0.3, 0.4) is 0 Å². The number of rotatable bonds is 3. The molecule has 120 valence electrons. The number of aromatic nitrogens is 3. The van der Waals surface area contributed by atoms with E-state index in [4.69, 9.17) is 15.6 Å². The SMILES string of the molecule is CCOC(=O)/C=C/C1=CC(O)C(O)C=C1.Cc1nc(N)n[nH]1. The first-order chi connectivity index (χ1) is 10.4. The number of nitrogens with two attached hydrogens (primary N) is 1. The maximum Gasteiger partial charge on any atom is 0.330 e. The molecule has 0 aliphatic heterocycles. The molecule has 2 unspecified atom stereocenters. The third kappa shape index (κ3) is 6.33. The van der Waals surface area contributed by atoms with E-state index in [1.165, 1.54) is 24.3 Å². The maximum atomic E-state index is 11.0. The van der Waals surface area contributed by atoms with Crippen LogP contribution < -0.4 is 5.73 Å². The summed E-state index contributed by atoms with van der Waals surface area (Å²) in [5.41, 5.74) is 5.79. The fourth-order valence-electron chi connectivity index (χ4n) is 1.50. The van der Waals surface area contributed by atoms with Gasteiger partial charge in [0, 0.05) is 6.08 Å². The topological polar surface area (TPSA) is 134 Å². The van der Waals surface area contributed by atoms with Gasteiger partial charge in [0.2, 0.25) is 5.95 Å². The molecule has 1 aliphatic carbocycles. The number of aliphatic hydroxyl groups is 2. The molecule has 1 aromatic rings. The van der Waals surface area contributed by atoms with E-state index < -0.39 is 18.2 Å². The third-order valence-electron chi connectivity index (χ3n) is 2.51. The lowest BCUT2D eigenvalue weighted by molar-refractivity contribution is -0.137. The molecule has 0 saturated heterocycles. The highest BCUT2D eigenvalue weighted by molar-refractivity contribution is 5.82. The van der Waals surface area contributed by atoms with Gasteiger partial charge in [-0.25, -0.2) is 4.79 Å². The number of H-pyrrole nitrogens is 1. The number of allylic oxidation sites excluding steroid dienone is 3. The minimum Gasteiger partial charge on any atom is -0.463 e. The van der Waals surface area contributed by atoms with Gasteiger partial charge in [-0.1, -0.05) is 12.2 Å². The molecular weight excluding hydrogens is 288 g/mol. The number of aryl methyl sites for hydroxylation is 1. The van der Waals surface area contributed by atoms with Gasteiger partial charge in [0.25, 0.3) is 0 Å². The van der Waals surface area contributed by atoms with Gasteiger partial charge in [-0.2, -0.15) is 4.98 Å². The predicted octanol–water partition coefficient (Wildman–Crippen LogP) is 0.0190. The highest BCUT2D eigenvalue weighted by Crippen LogP contribution is 2.12. The zero-order valence-corrected chi connectivity index (χ0v) is 12.4. The van der Waals surface area contributed by atoms with Crippen molar-refractivity contribution in [3.63, 3.8) is 0 Å². The number of carbonyl (C=O) groups is 1. The molecule has 0 radical (unpaired) electrons. The van der Waals surface area contributed by atoms with E-state index in [9.17, 15) is 9.90 Å². The van der Waals surface area contributed by atoms with E-state index in [2.05, 4.69) is 15.2 Å². The number of aromatic amines is 1. The van der Waals surface area contributed by atoms with E-state index >= 15 is 0 Å². The Bertz CT molecular complexity index is 561. The average Bonchev–Trinajstić information content (AvgIpc) is 2.85. The lowest BCUT2D eigenvalue weighted by atomic mass is 10.0. The number of aliphatic hydroxyl groups excluding tert-OH is 2. The van der Waals surface area contributed by atoms with Gasteiger partial charge in [0.05, 0.1) is 6.61 Å². The van der Waals surface area contributed by atoms with Crippen molar-refractivity contribution in [1.82, 2.24) is 15.2 Å². The number of nitrogens with one attached hydrogen (secondary N) is 1. The first-order valence-corrected chi connectivity index (χ1v) is 6.67. The van der Waals surface area contributed by atoms with Crippen LogP contribution in [-0.2, 0) is 9.53 Å². The summed E-state index contributed by atoms with van der Waals surface area (Å²) in [6.07, 6.45) is 5.60. The summed E-state index contributed by atoms with van der Waals surface area (Å²) < 4.78 is 4.69. The van der Waals surface area contributed by atoms with Crippen molar-refractivity contribution < 1.29 is 19.7 Å². The minimum atomic E-state index is -0.920. The van der Waals surface area contributed by atoms with Gasteiger partial charge in [0.1, 0.15) is 18.0 Å². The van der Waals surface area contributed by atoms with Gasteiger partial charge in [0.15, 0.2) is 0 Å². The molecule has 5 N–H and O–H groups in total. The standard InChI is InChI=1S/C11H14O4.C3H6N4/c1-2-15-11(14)6-4-8-3-5-9(12)10(13)7-8;1-2-5-3(4)7-6-2/h3-7,9-10,12-13H,2H2,1H3;1H3,(H3,4,5,6,7)/b6-4+;. The second kappa shape index (κ2) is 8.75. The third-order valence-corrected chi connectivity index (χ3v) is 2.51. The van der Waals surface area contributed by atoms with Crippen LogP contribution in [0.5, 0.6) is 0 Å². The number of hydrogen-bond acceptors (Lipinski definition) is 7. The van der Waals surface area contributed by atoms with E-state index in [-0.39, 0.29) is 0 Å². The molecule has 0 fully saturated rings. The second-order valence-electron chi connectivity index (χ2n) is 4.37. The molecule has 0 aromatic carbocycles. The average molecular weight is 308 g/mol. The molecule has 0 amide bonds. The first kappa shape index (κ1) is 17.6. The number of hydrogen-bond donors (Lipinski definition) is 4. The van der Waals surface area contributed by atoms with Crippen LogP contribution >= 0.6 is 0 Å². The van der Waals surface area contributed by atoms with Crippen LogP contribution in [0.1, 0.15) is 12.7 Å². The van der Waals surface area contributed by atoms with Gasteiger partial charge in [-0.05, 0) is 31.6 Å². The molecule has 1 aromatic heterocycles. The Balaban J connectivity index is 0.000000287. The van der Waals surface area contributed by atoms with Crippen LogP contribution in [0.2, 0.25) is 0 Å². The van der Waals surface area contributed by atoms with E-state index in [1.807, 2.05) is 0 Å². The van der Waals surface area contributed by atoms with Crippen molar-refractivity contribution in [2.24, 2.45) is 0 Å². The van der Waals surface area contributed by atoms with Crippen LogP contribution in [0.15, 0.2) is 36.0 Å². The maximum absolute atomic E-state index is 11.0. The Morgan fingerprint density at radius 3 is 2.68 bits per heavy atom. The highest BCUT2D eigenvalue weighted by Gasteiger charge is 2.14. The van der Waals surface area contributed by atoms with Crippen molar-refractivity contribution in [3.8, 4) is 0 Å². The van der Waals surface area contributed by atoms with Crippen LogP contribution in [0, 0.1) is 6.92 Å². The van der Waals surface area contributed by atoms with Crippen molar-refractivity contribution in [1.29, 1.82) is 0 Å². The molecule has 1 aliphatic rings. The number of esters is 1. The number of carbonyl (C=O) groups excluding carboxylic acids is 1. The molecule has 8 heteroatoms. The van der Waals surface area contributed by atoms with Gasteiger partial charge in [-0.3, -0.25) is 5.10 Å². The van der Waals surface area contributed by atoms with Crippen LogP contribution in [0.25, 0.3) is 0 Å². The molecule has 2 atom stereocenters. The Kier molecular flexibility index (Phi) is 7.00. The Hall–Kier alpha value is -2.45. The molecular formula is C14H20N4O4. The smallest absolute Gasteiger partial charge is 0.330 e. The molecule has 0 saturated carbocycles. The predicted molar refractivity (Wildman–Crippen MR) is 80.5 cm³/mol. The van der Waals surface area contributed by atoms with Gasteiger partial charge >= 0.3 is 5.97 Å². The number of ether oxygens (including phenoxy) is 1. The van der Waals surface area contributed by atoms with E-state index in [0.29, 0.717) is 18.1 Å². The number of anilines is 1. The molecule has 8 nitrogen and oxygen atoms in total. The Morgan fingerprint density at radius 2 is 2.23 bits per heavy atom. The summed E-state index contributed by atoms with van der Waals surface area (Å²) in [4.78, 5) is 14.7. The lowest BCUT2D eigenvalue weighted by Gasteiger charge is -2.15. The normalized spacial score (nSPS) is 20.3. The second-order valence-corrected chi connectivity index (χ2v) is 4.37. The largest absolute Gasteiger partial charge is 0.463 e. The first-order valence-electron chi connectivity index (χ1n) is 6.67. The monoisotopic (exact) mass is 308 g/mol. The summed E-state index contributed by atoms with van der Waals surface area (Å²) >= 11 is 0. The molecule has 1 heterocycles. The fraction of sp³-hybridized carbons (Fsp3) is 0.357. The quantitative estimate of drug-likeness (QED) is 0.456. The fourth-order valence-corrected chi connectivity index (χ4v) is 1.50.